The molecule has 5 rings (SSSR count). The highest BCUT2D eigenvalue weighted by atomic mass is 19.4. The molecule has 4 aliphatic rings. The molecule has 5 nitrogen and oxygen atoms in total. The normalized spacial score (nSPS) is 43.3. The third kappa shape index (κ3) is 4.16. The Morgan fingerprint density at radius 1 is 1.14 bits per heavy atom. The fraction of sp³-hybridized carbons (Fsp3) is 0.852. The van der Waals surface area contributed by atoms with E-state index >= 15 is 0 Å². The van der Waals surface area contributed by atoms with Gasteiger partial charge in [-0.15, -0.1) is 0 Å². The van der Waals surface area contributed by atoms with Gasteiger partial charge in [-0.1, -0.05) is 6.92 Å². The highest BCUT2D eigenvalue weighted by Crippen LogP contribution is 2.68. The molecule has 0 bridgehead atoms. The second-order valence-corrected chi connectivity index (χ2v) is 12.6. The fourth-order valence-electron chi connectivity index (χ4n) is 9.18. The van der Waals surface area contributed by atoms with Gasteiger partial charge >= 0.3 is 6.18 Å². The van der Waals surface area contributed by atoms with Gasteiger partial charge in [0.1, 0.15) is 0 Å². The zero-order valence-electron chi connectivity index (χ0n) is 21.1. The van der Waals surface area contributed by atoms with Crippen LogP contribution in [0.2, 0.25) is 0 Å². The zero-order valence-corrected chi connectivity index (χ0v) is 21.1. The molecule has 35 heavy (non-hydrogen) atoms. The van der Waals surface area contributed by atoms with Crippen molar-refractivity contribution >= 4 is 5.78 Å². The van der Waals surface area contributed by atoms with Crippen LogP contribution >= 0.6 is 0 Å². The van der Waals surface area contributed by atoms with Crippen LogP contribution in [0.5, 0.6) is 0 Å². The predicted molar refractivity (Wildman–Crippen MR) is 124 cm³/mol. The highest BCUT2D eigenvalue weighted by molar-refractivity contribution is 5.82. The van der Waals surface area contributed by atoms with Gasteiger partial charge in [-0.05, 0) is 105 Å². The minimum atomic E-state index is -4.50. The van der Waals surface area contributed by atoms with Crippen molar-refractivity contribution in [2.24, 2.45) is 40.4 Å². The average Bonchev–Trinajstić information content (AvgIpc) is 3.38. The molecule has 0 radical (unpaired) electrons. The summed E-state index contributed by atoms with van der Waals surface area (Å²) in [7, 11) is 1.79. The molecule has 1 aromatic rings. The molecule has 1 aromatic heterocycles. The number of Topliss-reactive ketones (excluding diaryl/α,β-unsaturated/α-hetero) is 1. The highest BCUT2D eigenvalue weighted by Gasteiger charge is 2.63. The lowest BCUT2D eigenvalue weighted by molar-refractivity contribution is -0.175. The SMILES string of the molecule is COC[C@]12CC[C@@](C)(O)C[C@@H]1CC[C@H]1[C@@H]3CC[C@H](C(=O)Cn4ccc(C(F)(F)F)n4)[C@@]3(C)CC[C@@H]12. The number of aliphatic hydroxyl groups is 1. The second kappa shape index (κ2) is 8.57. The monoisotopic (exact) mass is 496 g/mol. The Hall–Kier alpha value is -1.41. The van der Waals surface area contributed by atoms with E-state index in [0.29, 0.717) is 23.7 Å². The van der Waals surface area contributed by atoms with Crippen molar-refractivity contribution < 1.29 is 27.8 Å². The number of ketones is 1. The van der Waals surface area contributed by atoms with E-state index < -0.39 is 17.5 Å². The number of alkyl halides is 3. The van der Waals surface area contributed by atoms with E-state index in [9.17, 15) is 23.1 Å². The summed E-state index contributed by atoms with van der Waals surface area (Å²) in [5.41, 5.74) is -1.55. The van der Waals surface area contributed by atoms with Crippen LogP contribution in [0.3, 0.4) is 0 Å². The molecule has 4 fully saturated rings. The number of fused-ring (bicyclic) bond motifs is 5. The van der Waals surface area contributed by atoms with Gasteiger partial charge in [0.25, 0.3) is 0 Å². The molecule has 1 N–H and O–H groups in total. The molecule has 8 heteroatoms. The number of carbonyl (C=O) groups excluding carboxylic acids is 1. The van der Waals surface area contributed by atoms with Crippen LogP contribution in [0.1, 0.15) is 77.3 Å². The van der Waals surface area contributed by atoms with Gasteiger partial charge in [0, 0.05) is 19.2 Å². The molecule has 0 saturated heterocycles. The van der Waals surface area contributed by atoms with Gasteiger partial charge in [-0.25, -0.2) is 0 Å². The van der Waals surface area contributed by atoms with E-state index in [4.69, 9.17) is 4.74 Å². The van der Waals surface area contributed by atoms with Crippen LogP contribution in [-0.4, -0.2) is 40.0 Å². The Balaban J connectivity index is 1.34. The van der Waals surface area contributed by atoms with Gasteiger partial charge < -0.3 is 9.84 Å². The van der Waals surface area contributed by atoms with Crippen molar-refractivity contribution in [2.75, 3.05) is 13.7 Å². The maximum atomic E-state index is 13.4. The van der Waals surface area contributed by atoms with Crippen molar-refractivity contribution in [1.82, 2.24) is 9.78 Å². The molecular formula is C27H39F3N2O3. The van der Waals surface area contributed by atoms with Crippen LogP contribution in [-0.2, 0) is 22.3 Å². The summed E-state index contributed by atoms with van der Waals surface area (Å²) in [4.78, 5) is 13.4. The first-order valence-electron chi connectivity index (χ1n) is 13.2. The van der Waals surface area contributed by atoms with Crippen LogP contribution < -0.4 is 0 Å². The van der Waals surface area contributed by atoms with E-state index in [2.05, 4.69) is 12.0 Å². The van der Waals surface area contributed by atoms with Crippen LogP contribution in [0, 0.1) is 40.4 Å². The van der Waals surface area contributed by atoms with E-state index in [-0.39, 0.29) is 29.1 Å². The van der Waals surface area contributed by atoms with Crippen LogP contribution in [0.15, 0.2) is 12.3 Å². The van der Waals surface area contributed by atoms with Gasteiger partial charge in [0.15, 0.2) is 11.5 Å². The largest absolute Gasteiger partial charge is 0.435 e. The molecular weight excluding hydrogens is 457 g/mol. The first-order valence-corrected chi connectivity index (χ1v) is 13.2. The van der Waals surface area contributed by atoms with Gasteiger partial charge in [0.05, 0.1) is 18.8 Å². The van der Waals surface area contributed by atoms with Crippen molar-refractivity contribution in [3.63, 3.8) is 0 Å². The lowest BCUT2D eigenvalue weighted by Gasteiger charge is -2.62. The van der Waals surface area contributed by atoms with E-state index in [1.54, 1.807) is 7.11 Å². The third-order valence-electron chi connectivity index (χ3n) is 10.7. The van der Waals surface area contributed by atoms with E-state index in [0.717, 1.165) is 75.1 Å². The standard InChI is InChI=1S/C27H39F3N2O3/c1-24(34)11-12-26(16-35-3)17(14-24)4-5-18-19-6-7-21(25(19,2)10-8-20(18)26)22(33)15-32-13-9-23(31-32)27(28,29)30/h9,13,17-21,34H,4-8,10-12,14-16H2,1-3H3/t17-,18-,19-,20-,21+,24+,25-,26+/m0/s1. The number of rotatable bonds is 5. The fourth-order valence-corrected chi connectivity index (χ4v) is 9.18. The Bertz CT molecular complexity index is 960. The minimum absolute atomic E-state index is 0.0132. The predicted octanol–water partition coefficient (Wildman–Crippen LogP) is 5.51. The lowest BCUT2D eigenvalue weighted by Crippen LogP contribution is -2.58. The Kier molecular flexibility index (Phi) is 6.18. The van der Waals surface area contributed by atoms with E-state index in [1.165, 1.54) is 6.20 Å². The minimum Gasteiger partial charge on any atom is -0.390 e. The first-order chi connectivity index (χ1) is 16.4. The number of carbonyl (C=O) groups is 1. The molecule has 0 unspecified atom stereocenters. The van der Waals surface area contributed by atoms with Crippen molar-refractivity contribution in [1.29, 1.82) is 0 Å². The number of halogens is 3. The summed E-state index contributed by atoms with van der Waals surface area (Å²) < 4.78 is 45.8. The molecule has 4 saturated carbocycles. The Labute approximate surface area is 205 Å². The number of ether oxygens (including phenoxy) is 1. The zero-order chi connectivity index (χ0) is 25.2. The molecule has 8 atom stereocenters. The number of methoxy groups -OCH3 is 1. The summed E-state index contributed by atoms with van der Waals surface area (Å²) in [6.07, 6.45) is 5.48. The molecule has 4 aliphatic carbocycles. The van der Waals surface area contributed by atoms with Crippen molar-refractivity contribution in [2.45, 2.75) is 90.0 Å². The summed E-state index contributed by atoms with van der Waals surface area (Å²) >= 11 is 0. The van der Waals surface area contributed by atoms with Gasteiger partial charge in [-0.3, -0.25) is 9.48 Å². The first kappa shape index (κ1) is 25.2. The molecule has 0 aliphatic heterocycles. The summed E-state index contributed by atoms with van der Waals surface area (Å²) in [6, 6.07) is 0.937. The maximum Gasteiger partial charge on any atom is 0.435 e. The van der Waals surface area contributed by atoms with E-state index in [1.807, 2.05) is 6.92 Å². The molecule has 0 aromatic carbocycles. The molecule has 1 heterocycles. The quantitative estimate of drug-likeness (QED) is 0.584. The number of hydrogen-bond donors (Lipinski definition) is 1. The van der Waals surface area contributed by atoms with Crippen molar-refractivity contribution in [3.05, 3.63) is 18.0 Å². The van der Waals surface area contributed by atoms with Crippen LogP contribution in [0.4, 0.5) is 13.2 Å². The number of nitrogens with zero attached hydrogens (tertiary/aromatic N) is 2. The average molecular weight is 497 g/mol. The smallest absolute Gasteiger partial charge is 0.390 e. The molecule has 0 amide bonds. The summed E-state index contributed by atoms with van der Waals surface area (Å²) in [5.74, 6) is 1.90. The maximum absolute atomic E-state index is 13.4. The Morgan fingerprint density at radius 2 is 1.91 bits per heavy atom. The Morgan fingerprint density at radius 3 is 2.60 bits per heavy atom. The summed E-state index contributed by atoms with van der Waals surface area (Å²) in [5, 5.41) is 14.4. The van der Waals surface area contributed by atoms with Gasteiger partial charge in [0.2, 0.25) is 0 Å². The molecule has 0 spiro atoms. The van der Waals surface area contributed by atoms with Crippen molar-refractivity contribution in [3.8, 4) is 0 Å². The van der Waals surface area contributed by atoms with Gasteiger partial charge in [-0.2, -0.15) is 18.3 Å². The number of aromatic nitrogens is 2. The second-order valence-electron chi connectivity index (χ2n) is 12.6. The summed E-state index contributed by atoms with van der Waals surface area (Å²) in [6.45, 7) is 4.87. The third-order valence-corrected chi connectivity index (χ3v) is 10.7. The molecule has 196 valence electrons. The number of hydrogen-bond acceptors (Lipinski definition) is 4. The van der Waals surface area contributed by atoms with Crippen LogP contribution in [0.25, 0.3) is 0 Å². The lowest BCUT2D eigenvalue weighted by atomic mass is 9.43. The topological polar surface area (TPSA) is 64.3 Å².